The number of nitrogens with one attached hydrogen (secondary N) is 1. The summed E-state index contributed by atoms with van der Waals surface area (Å²) in [5.41, 5.74) is 0.997. The van der Waals surface area contributed by atoms with Crippen LogP contribution in [0.5, 0.6) is 0 Å². The Balaban J connectivity index is 1.82. The molecule has 7 heteroatoms. The van der Waals surface area contributed by atoms with Gasteiger partial charge in [-0.25, -0.2) is 0 Å². The summed E-state index contributed by atoms with van der Waals surface area (Å²) in [7, 11) is 0. The van der Waals surface area contributed by atoms with Crippen LogP contribution in [0.15, 0.2) is 42.5 Å². The minimum Gasteiger partial charge on any atom is -0.459 e. The van der Waals surface area contributed by atoms with Gasteiger partial charge in [0.15, 0.2) is 0 Å². The highest BCUT2D eigenvalue weighted by atomic mass is 35.5. The number of hydrogen-bond acceptors (Lipinski definition) is 3. The molecule has 0 aliphatic rings. The molecule has 0 saturated carbocycles. The van der Waals surface area contributed by atoms with E-state index in [4.69, 9.17) is 39.5 Å². The second-order valence-electron chi connectivity index (χ2n) is 4.59. The van der Waals surface area contributed by atoms with Crippen LogP contribution < -0.4 is 5.32 Å². The Labute approximate surface area is 148 Å². The van der Waals surface area contributed by atoms with Gasteiger partial charge in [-0.3, -0.25) is 9.59 Å². The monoisotopic (exact) mass is 371 g/mol. The van der Waals surface area contributed by atoms with E-state index in [-0.39, 0.29) is 13.2 Å². The molecule has 23 heavy (non-hydrogen) atoms. The topological polar surface area (TPSA) is 55.4 Å². The molecule has 0 aromatic heterocycles. The second kappa shape index (κ2) is 8.20. The Hall–Kier alpha value is -1.75. The molecule has 0 heterocycles. The first-order valence-electron chi connectivity index (χ1n) is 6.59. The first-order chi connectivity index (χ1) is 11.0. The molecule has 2 rings (SSSR count). The fraction of sp³-hybridized carbons (Fsp3) is 0.125. The zero-order valence-corrected chi connectivity index (χ0v) is 14.1. The lowest BCUT2D eigenvalue weighted by Gasteiger charge is -2.08. The minimum atomic E-state index is -0.577. The van der Waals surface area contributed by atoms with Crippen molar-refractivity contribution in [3.8, 4) is 0 Å². The van der Waals surface area contributed by atoms with E-state index in [0.717, 1.165) is 0 Å². The molecule has 0 aliphatic heterocycles. The lowest BCUT2D eigenvalue weighted by atomic mass is 10.2. The molecule has 1 N–H and O–H groups in total. The maximum absolute atomic E-state index is 11.9. The molecule has 0 fully saturated rings. The third kappa shape index (κ3) is 5.43. The fourth-order valence-electron chi connectivity index (χ4n) is 1.73. The lowest BCUT2D eigenvalue weighted by molar-refractivity contribution is -0.143. The van der Waals surface area contributed by atoms with Gasteiger partial charge in [0.2, 0.25) is 0 Å². The molecular formula is C16H12Cl3NO3. The number of halogens is 3. The smallest absolute Gasteiger partial charge is 0.325 e. The Morgan fingerprint density at radius 3 is 2.43 bits per heavy atom. The van der Waals surface area contributed by atoms with E-state index in [1.165, 1.54) is 6.07 Å². The number of carbonyl (C=O) groups is 2. The van der Waals surface area contributed by atoms with Gasteiger partial charge in [0.05, 0.1) is 0 Å². The van der Waals surface area contributed by atoms with Crippen molar-refractivity contribution in [1.82, 2.24) is 5.32 Å². The van der Waals surface area contributed by atoms with E-state index < -0.39 is 11.9 Å². The van der Waals surface area contributed by atoms with E-state index in [1.54, 1.807) is 36.4 Å². The number of carbonyl (C=O) groups excluding carboxylic acids is 2. The number of esters is 1. The Bertz CT molecular complexity index is 734. The van der Waals surface area contributed by atoms with Crippen LogP contribution in [0.25, 0.3) is 0 Å². The Morgan fingerprint density at radius 2 is 1.74 bits per heavy atom. The summed E-state index contributed by atoms with van der Waals surface area (Å²) in [5, 5.41) is 3.81. The number of rotatable bonds is 5. The van der Waals surface area contributed by atoms with Crippen LogP contribution in [0.1, 0.15) is 15.9 Å². The van der Waals surface area contributed by atoms with Gasteiger partial charge in [-0.1, -0.05) is 46.9 Å². The average Bonchev–Trinajstić information content (AvgIpc) is 2.51. The van der Waals surface area contributed by atoms with Gasteiger partial charge in [-0.05, 0) is 30.3 Å². The van der Waals surface area contributed by atoms with Gasteiger partial charge in [-0.2, -0.15) is 0 Å². The minimum absolute atomic E-state index is 0.00186. The van der Waals surface area contributed by atoms with E-state index in [0.29, 0.717) is 26.2 Å². The molecule has 120 valence electrons. The van der Waals surface area contributed by atoms with Crippen LogP contribution in [-0.2, 0) is 16.1 Å². The molecule has 0 radical (unpaired) electrons. The van der Waals surface area contributed by atoms with Gasteiger partial charge in [0, 0.05) is 26.2 Å². The Morgan fingerprint density at radius 1 is 1.00 bits per heavy atom. The molecular weight excluding hydrogens is 361 g/mol. The van der Waals surface area contributed by atoms with Crippen LogP contribution in [0.4, 0.5) is 0 Å². The molecule has 0 aliphatic carbocycles. The first-order valence-corrected chi connectivity index (χ1v) is 7.72. The van der Waals surface area contributed by atoms with Gasteiger partial charge in [0.25, 0.3) is 5.91 Å². The Kier molecular flexibility index (Phi) is 6.28. The van der Waals surface area contributed by atoms with E-state index >= 15 is 0 Å². The first kappa shape index (κ1) is 17.6. The van der Waals surface area contributed by atoms with Crippen LogP contribution in [0, 0.1) is 0 Å². The molecule has 0 bridgehead atoms. The SMILES string of the molecule is O=C(CNC(=O)c1cccc(Cl)c1)OCc1ccc(Cl)cc1Cl. The molecule has 2 aromatic carbocycles. The van der Waals surface area contributed by atoms with Gasteiger partial charge in [-0.15, -0.1) is 0 Å². The van der Waals surface area contributed by atoms with Crippen LogP contribution >= 0.6 is 34.8 Å². The highest BCUT2D eigenvalue weighted by Gasteiger charge is 2.10. The zero-order valence-electron chi connectivity index (χ0n) is 11.8. The number of hydrogen-bond donors (Lipinski definition) is 1. The largest absolute Gasteiger partial charge is 0.459 e. The highest BCUT2D eigenvalue weighted by Crippen LogP contribution is 2.21. The highest BCUT2D eigenvalue weighted by molar-refractivity contribution is 6.35. The maximum atomic E-state index is 11.9. The summed E-state index contributed by atoms with van der Waals surface area (Å²) in [5.74, 6) is -0.986. The second-order valence-corrected chi connectivity index (χ2v) is 5.87. The van der Waals surface area contributed by atoms with Crippen LogP contribution in [0.2, 0.25) is 15.1 Å². The summed E-state index contributed by atoms with van der Waals surface area (Å²) < 4.78 is 5.05. The normalized spacial score (nSPS) is 10.2. The third-order valence-corrected chi connectivity index (χ3v) is 3.71. The summed E-state index contributed by atoms with van der Waals surface area (Å²) >= 11 is 17.6. The molecule has 0 spiro atoms. The van der Waals surface area contributed by atoms with Crippen molar-refractivity contribution < 1.29 is 14.3 Å². The van der Waals surface area contributed by atoms with Gasteiger partial charge >= 0.3 is 5.97 Å². The van der Waals surface area contributed by atoms with Gasteiger partial charge < -0.3 is 10.1 Å². The fourth-order valence-corrected chi connectivity index (χ4v) is 2.39. The summed E-state index contributed by atoms with van der Waals surface area (Å²) in [6.45, 7) is -0.252. The van der Waals surface area contributed by atoms with Crippen molar-refractivity contribution in [3.05, 3.63) is 68.7 Å². The quantitative estimate of drug-likeness (QED) is 0.803. The van der Waals surface area contributed by atoms with E-state index in [9.17, 15) is 9.59 Å². The summed E-state index contributed by atoms with van der Waals surface area (Å²) in [6, 6.07) is 11.3. The van der Waals surface area contributed by atoms with Crippen LogP contribution in [-0.4, -0.2) is 18.4 Å². The number of benzene rings is 2. The van der Waals surface area contributed by atoms with Gasteiger partial charge in [0.1, 0.15) is 13.2 Å². The molecule has 2 aromatic rings. The number of ether oxygens (including phenoxy) is 1. The van der Waals surface area contributed by atoms with Crippen molar-refractivity contribution in [2.24, 2.45) is 0 Å². The molecule has 0 atom stereocenters. The predicted molar refractivity (Wildman–Crippen MR) is 90.0 cm³/mol. The lowest BCUT2D eigenvalue weighted by Crippen LogP contribution is -2.30. The zero-order chi connectivity index (χ0) is 16.8. The standard InChI is InChI=1S/C16H12Cl3NO3/c17-12-3-1-2-10(6-12)16(22)20-8-15(21)23-9-11-4-5-13(18)7-14(11)19/h1-7H,8-9H2,(H,20,22). The molecule has 0 unspecified atom stereocenters. The number of amides is 1. The predicted octanol–water partition coefficient (Wildman–Crippen LogP) is 4.12. The van der Waals surface area contributed by atoms with Crippen molar-refractivity contribution >= 4 is 46.7 Å². The molecule has 4 nitrogen and oxygen atoms in total. The van der Waals surface area contributed by atoms with Crippen molar-refractivity contribution in [1.29, 1.82) is 0 Å². The van der Waals surface area contributed by atoms with E-state index in [2.05, 4.69) is 5.32 Å². The molecule has 1 amide bonds. The van der Waals surface area contributed by atoms with Crippen molar-refractivity contribution in [2.75, 3.05) is 6.54 Å². The average molecular weight is 373 g/mol. The summed E-state index contributed by atoms with van der Waals surface area (Å²) in [6.07, 6.45) is 0. The van der Waals surface area contributed by atoms with E-state index in [1.807, 2.05) is 0 Å². The van der Waals surface area contributed by atoms with Crippen molar-refractivity contribution in [2.45, 2.75) is 6.61 Å². The summed E-state index contributed by atoms with van der Waals surface area (Å²) in [4.78, 5) is 23.5. The van der Waals surface area contributed by atoms with Crippen LogP contribution in [0.3, 0.4) is 0 Å². The van der Waals surface area contributed by atoms with Crippen molar-refractivity contribution in [3.63, 3.8) is 0 Å². The molecule has 0 saturated heterocycles. The third-order valence-electron chi connectivity index (χ3n) is 2.88. The maximum Gasteiger partial charge on any atom is 0.325 e.